The van der Waals surface area contributed by atoms with Crippen molar-refractivity contribution in [2.24, 2.45) is 0 Å². The van der Waals surface area contributed by atoms with E-state index in [1.807, 2.05) is 44.2 Å². The zero-order chi connectivity index (χ0) is 15.2. The molecule has 4 nitrogen and oxygen atoms in total. The van der Waals surface area contributed by atoms with E-state index in [1.54, 1.807) is 0 Å². The Morgan fingerprint density at radius 3 is 2.62 bits per heavy atom. The van der Waals surface area contributed by atoms with Crippen LogP contribution < -0.4 is 10.1 Å². The predicted octanol–water partition coefficient (Wildman–Crippen LogP) is 2.73. The van der Waals surface area contributed by atoms with Gasteiger partial charge in [0.1, 0.15) is 5.75 Å². The van der Waals surface area contributed by atoms with Gasteiger partial charge in [-0.05, 0) is 50.8 Å². The van der Waals surface area contributed by atoms with Crippen LogP contribution in [0.1, 0.15) is 44.8 Å². The molecule has 1 aliphatic carbocycles. The summed E-state index contributed by atoms with van der Waals surface area (Å²) in [6.07, 6.45) is 4.25. The van der Waals surface area contributed by atoms with E-state index in [1.165, 1.54) is 0 Å². The van der Waals surface area contributed by atoms with Gasteiger partial charge in [0.25, 0.3) is 0 Å². The Kier molecular flexibility index (Phi) is 5.39. The minimum absolute atomic E-state index is 0.0636. The summed E-state index contributed by atoms with van der Waals surface area (Å²) >= 11 is 0. The van der Waals surface area contributed by atoms with Gasteiger partial charge in [-0.1, -0.05) is 18.2 Å². The van der Waals surface area contributed by atoms with Gasteiger partial charge in [0.2, 0.25) is 5.91 Å². The number of rotatable bonds is 6. The van der Waals surface area contributed by atoms with Gasteiger partial charge in [0, 0.05) is 12.1 Å². The molecule has 4 heteroatoms. The first-order valence-corrected chi connectivity index (χ1v) is 7.48. The van der Waals surface area contributed by atoms with Crippen LogP contribution in [-0.2, 0) is 4.79 Å². The SMILES string of the molecule is CC(C)Oc1ccc(C(O)CNC(=O)C2=CCCC2)cc1. The highest BCUT2D eigenvalue weighted by Gasteiger charge is 2.15. The molecule has 0 fully saturated rings. The van der Waals surface area contributed by atoms with E-state index >= 15 is 0 Å². The molecule has 1 aromatic rings. The highest BCUT2D eigenvalue weighted by Crippen LogP contribution is 2.20. The van der Waals surface area contributed by atoms with Gasteiger partial charge in [0.15, 0.2) is 0 Å². The number of hydrogen-bond acceptors (Lipinski definition) is 3. The second kappa shape index (κ2) is 7.27. The van der Waals surface area contributed by atoms with E-state index in [0.29, 0.717) is 0 Å². The predicted molar refractivity (Wildman–Crippen MR) is 82.1 cm³/mol. The molecule has 0 saturated heterocycles. The first-order chi connectivity index (χ1) is 10.1. The van der Waals surface area contributed by atoms with Crippen LogP contribution in [0.4, 0.5) is 0 Å². The third kappa shape index (κ3) is 4.60. The second-order valence-electron chi connectivity index (χ2n) is 5.58. The molecule has 2 rings (SSSR count). The van der Waals surface area contributed by atoms with Gasteiger partial charge in [-0.3, -0.25) is 4.79 Å². The minimum Gasteiger partial charge on any atom is -0.491 e. The molecule has 0 aliphatic heterocycles. The van der Waals surface area contributed by atoms with Crippen LogP contribution in [0.15, 0.2) is 35.9 Å². The number of amides is 1. The summed E-state index contributed by atoms with van der Waals surface area (Å²) in [6, 6.07) is 7.31. The largest absolute Gasteiger partial charge is 0.491 e. The molecule has 1 atom stereocenters. The highest BCUT2D eigenvalue weighted by atomic mass is 16.5. The normalized spacial score (nSPS) is 15.7. The molecule has 0 spiro atoms. The quantitative estimate of drug-likeness (QED) is 0.846. The number of hydrogen-bond donors (Lipinski definition) is 2. The smallest absolute Gasteiger partial charge is 0.246 e. The topological polar surface area (TPSA) is 58.6 Å². The summed E-state index contributed by atoms with van der Waals surface area (Å²) in [6.45, 7) is 4.16. The third-order valence-electron chi connectivity index (χ3n) is 3.43. The summed E-state index contributed by atoms with van der Waals surface area (Å²) in [5.74, 6) is 0.715. The monoisotopic (exact) mass is 289 g/mol. The molecule has 1 amide bonds. The maximum atomic E-state index is 11.8. The van der Waals surface area contributed by atoms with Crippen molar-refractivity contribution in [2.45, 2.75) is 45.3 Å². The fourth-order valence-corrected chi connectivity index (χ4v) is 2.34. The van der Waals surface area contributed by atoms with Crippen molar-refractivity contribution in [3.8, 4) is 5.75 Å². The molecular weight excluding hydrogens is 266 g/mol. The van der Waals surface area contributed by atoms with Crippen LogP contribution in [0.5, 0.6) is 5.75 Å². The van der Waals surface area contributed by atoms with Gasteiger partial charge in [-0.25, -0.2) is 0 Å². The number of carbonyl (C=O) groups is 1. The van der Waals surface area contributed by atoms with Crippen molar-refractivity contribution in [1.29, 1.82) is 0 Å². The van der Waals surface area contributed by atoms with E-state index in [0.717, 1.165) is 36.1 Å². The maximum absolute atomic E-state index is 11.8. The summed E-state index contributed by atoms with van der Waals surface area (Å²) in [5, 5.41) is 12.9. The Morgan fingerprint density at radius 1 is 1.33 bits per heavy atom. The van der Waals surface area contributed by atoms with E-state index in [-0.39, 0.29) is 18.6 Å². The van der Waals surface area contributed by atoms with Crippen molar-refractivity contribution in [1.82, 2.24) is 5.32 Å². The van der Waals surface area contributed by atoms with Gasteiger partial charge >= 0.3 is 0 Å². The standard InChI is InChI=1S/C17H23NO3/c1-12(2)21-15-9-7-13(8-10-15)16(19)11-18-17(20)14-5-3-4-6-14/h5,7-10,12,16,19H,3-4,6,11H2,1-2H3,(H,18,20). The van der Waals surface area contributed by atoms with Gasteiger partial charge in [-0.2, -0.15) is 0 Å². The molecule has 0 bridgehead atoms. The molecule has 1 unspecified atom stereocenters. The molecule has 0 aromatic heterocycles. The minimum atomic E-state index is -0.705. The zero-order valence-corrected chi connectivity index (χ0v) is 12.6. The van der Waals surface area contributed by atoms with Crippen molar-refractivity contribution in [3.05, 3.63) is 41.5 Å². The highest BCUT2D eigenvalue weighted by molar-refractivity contribution is 5.93. The molecule has 0 heterocycles. The van der Waals surface area contributed by atoms with E-state index in [9.17, 15) is 9.90 Å². The van der Waals surface area contributed by atoms with Crippen molar-refractivity contribution in [3.63, 3.8) is 0 Å². The first kappa shape index (κ1) is 15.6. The molecule has 2 N–H and O–H groups in total. The number of ether oxygens (including phenoxy) is 1. The first-order valence-electron chi connectivity index (χ1n) is 7.48. The molecule has 114 valence electrons. The molecule has 0 saturated carbocycles. The number of benzene rings is 1. The second-order valence-corrected chi connectivity index (χ2v) is 5.58. The van der Waals surface area contributed by atoms with Crippen molar-refractivity contribution < 1.29 is 14.6 Å². The maximum Gasteiger partial charge on any atom is 0.246 e. The average Bonchev–Trinajstić information content (AvgIpc) is 2.99. The molecule has 1 aromatic carbocycles. The number of aliphatic hydroxyl groups is 1. The Bertz CT molecular complexity index is 505. The van der Waals surface area contributed by atoms with Crippen LogP contribution in [0.25, 0.3) is 0 Å². The van der Waals surface area contributed by atoms with Crippen LogP contribution in [0.3, 0.4) is 0 Å². The number of aliphatic hydroxyl groups excluding tert-OH is 1. The molecular formula is C17H23NO3. The van der Waals surface area contributed by atoms with Crippen LogP contribution in [0, 0.1) is 0 Å². The summed E-state index contributed by atoms with van der Waals surface area (Å²) in [4.78, 5) is 11.8. The van der Waals surface area contributed by atoms with Gasteiger partial charge < -0.3 is 15.2 Å². The Hall–Kier alpha value is -1.81. The van der Waals surface area contributed by atoms with Gasteiger partial charge in [-0.15, -0.1) is 0 Å². The van der Waals surface area contributed by atoms with E-state index in [2.05, 4.69) is 5.32 Å². The van der Waals surface area contributed by atoms with Crippen LogP contribution in [0.2, 0.25) is 0 Å². The lowest BCUT2D eigenvalue weighted by atomic mass is 10.1. The zero-order valence-electron chi connectivity index (χ0n) is 12.6. The number of nitrogens with one attached hydrogen (secondary N) is 1. The summed E-state index contributed by atoms with van der Waals surface area (Å²) in [5.41, 5.74) is 1.61. The fraction of sp³-hybridized carbons (Fsp3) is 0.471. The molecule has 0 radical (unpaired) electrons. The van der Waals surface area contributed by atoms with E-state index < -0.39 is 6.10 Å². The number of carbonyl (C=O) groups excluding carboxylic acids is 1. The van der Waals surface area contributed by atoms with Crippen molar-refractivity contribution in [2.75, 3.05) is 6.54 Å². The van der Waals surface area contributed by atoms with Crippen LogP contribution in [-0.4, -0.2) is 23.7 Å². The Balaban J connectivity index is 1.85. The third-order valence-corrected chi connectivity index (χ3v) is 3.43. The van der Waals surface area contributed by atoms with Crippen molar-refractivity contribution >= 4 is 5.91 Å². The Labute approximate surface area is 125 Å². The van der Waals surface area contributed by atoms with E-state index in [4.69, 9.17) is 4.74 Å². The lowest BCUT2D eigenvalue weighted by Gasteiger charge is -2.14. The lowest BCUT2D eigenvalue weighted by molar-refractivity contribution is -0.118. The van der Waals surface area contributed by atoms with Crippen LogP contribution >= 0.6 is 0 Å². The number of allylic oxidation sites excluding steroid dienone is 1. The fourth-order valence-electron chi connectivity index (χ4n) is 2.34. The molecule has 21 heavy (non-hydrogen) atoms. The summed E-state index contributed by atoms with van der Waals surface area (Å²) < 4.78 is 5.56. The Morgan fingerprint density at radius 2 is 2.05 bits per heavy atom. The summed E-state index contributed by atoms with van der Waals surface area (Å²) in [7, 11) is 0. The van der Waals surface area contributed by atoms with Gasteiger partial charge in [0.05, 0.1) is 12.2 Å². The average molecular weight is 289 g/mol. The molecule has 1 aliphatic rings. The lowest BCUT2D eigenvalue weighted by Crippen LogP contribution is -2.29.